The van der Waals surface area contributed by atoms with Crippen molar-refractivity contribution < 1.29 is 9.53 Å². The van der Waals surface area contributed by atoms with Crippen LogP contribution in [-0.4, -0.2) is 12.6 Å². The van der Waals surface area contributed by atoms with Gasteiger partial charge in [0.15, 0.2) is 0 Å². The molecule has 0 spiro atoms. The highest BCUT2D eigenvalue weighted by Gasteiger charge is 2.05. The molecule has 0 aliphatic heterocycles. The van der Waals surface area contributed by atoms with Crippen LogP contribution in [0.5, 0.6) is 0 Å². The summed E-state index contributed by atoms with van der Waals surface area (Å²) in [7, 11) is 0. The number of esters is 1. The van der Waals surface area contributed by atoms with Crippen LogP contribution in [0.25, 0.3) is 0 Å². The number of ether oxygens (including phenoxy) is 1. The maximum Gasteiger partial charge on any atom is 0.305 e. The summed E-state index contributed by atoms with van der Waals surface area (Å²) >= 11 is 0. The fourth-order valence-electron chi connectivity index (χ4n) is 1.96. The third-order valence-electron chi connectivity index (χ3n) is 3.12. The van der Waals surface area contributed by atoms with E-state index in [9.17, 15) is 4.79 Å². The maximum atomic E-state index is 11.1. The second-order valence-corrected chi connectivity index (χ2v) is 4.78. The van der Waals surface area contributed by atoms with E-state index in [-0.39, 0.29) is 5.97 Å². The summed E-state index contributed by atoms with van der Waals surface area (Å²) in [5.41, 5.74) is 1.39. The largest absolute Gasteiger partial charge is 0.466 e. The van der Waals surface area contributed by atoms with Gasteiger partial charge in [-0.25, -0.2) is 0 Å². The SMILES string of the molecule is CCCC(=O)OCCCCC(C)c1ccccc1. The van der Waals surface area contributed by atoms with Crippen molar-refractivity contribution in [1.82, 2.24) is 0 Å². The van der Waals surface area contributed by atoms with Gasteiger partial charge in [0.2, 0.25) is 0 Å². The van der Waals surface area contributed by atoms with Crippen molar-refractivity contribution >= 4 is 5.97 Å². The van der Waals surface area contributed by atoms with Crippen LogP contribution in [0.3, 0.4) is 0 Å². The Hall–Kier alpha value is -1.31. The highest BCUT2D eigenvalue weighted by Crippen LogP contribution is 2.20. The van der Waals surface area contributed by atoms with Crippen molar-refractivity contribution in [2.24, 2.45) is 0 Å². The lowest BCUT2D eigenvalue weighted by atomic mass is 9.96. The topological polar surface area (TPSA) is 26.3 Å². The first-order valence-electron chi connectivity index (χ1n) is 6.94. The molecule has 2 nitrogen and oxygen atoms in total. The normalized spacial score (nSPS) is 12.1. The molecule has 0 amide bonds. The van der Waals surface area contributed by atoms with Gasteiger partial charge in [-0.1, -0.05) is 44.2 Å². The van der Waals surface area contributed by atoms with E-state index in [1.54, 1.807) is 0 Å². The Morgan fingerprint density at radius 2 is 1.94 bits per heavy atom. The third kappa shape index (κ3) is 5.85. The summed E-state index contributed by atoms with van der Waals surface area (Å²) in [4.78, 5) is 11.1. The molecule has 1 atom stereocenters. The first kappa shape index (κ1) is 14.7. The highest BCUT2D eigenvalue weighted by molar-refractivity contribution is 5.69. The van der Waals surface area contributed by atoms with Crippen LogP contribution in [0.1, 0.15) is 57.4 Å². The van der Waals surface area contributed by atoms with E-state index in [4.69, 9.17) is 4.74 Å². The zero-order chi connectivity index (χ0) is 13.2. The molecular formula is C16H24O2. The van der Waals surface area contributed by atoms with Crippen molar-refractivity contribution in [3.05, 3.63) is 35.9 Å². The summed E-state index contributed by atoms with van der Waals surface area (Å²) in [5, 5.41) is 0. The van der Waals surface area contributed by atoms with Crippen LogP contribution in [0, 0.1) is 0 Å². The Kier molecular flexibility index (Phi) is 7.16. The minimum atomic E-state index is -0.0615. The van der Waals surface area contributed by atoms with Gasteiger partial charge in [0.1, 0.15) is 0 Å². The maximum absolute atomic E-state index is 11.1. The first-order chi connectivity index (χ1) is 8.74. The molecule has 0 bridgehead atoms. The van der Waals surface area contributed by atoms with Crippen molar-refractivity contribution in [2.45, 2.75) is 51.9 Å². The Balaban J connectivity index is 2.09. The van der Waals surface area contributed by atoms with Gasteiger partial charge in [-0.2, -0.15) is 0 Å². The van der Waals surface area contributed by atoms with Crippen LogP contribution in [0.2, 0.25) is 0 Å². The van der Waals surface area contributed by atoms with E-state index >= 15 is 0 Å². The van der Waals surface area contributed by atoms with Crippen LogP contribution >= 0.6 is 0 Å². The lowest BCUT2D eigenvalue weighted by Crippen LogP contribution is -2.05. The fraction of sp³-hybridized carbons (Fsp3) is 0.562. The average molecular weight is 248 g/mol. The molecule has 0 fully saturated rings. The Morgan fingerprint density at radius 1 is 1.22 bits per heavy atom. The number of rotatable bonds is 8. The van der Waals surface area contributed by atoms with Gasteiger partial charge in [0.05, 0.1) is 6.61 Å². The predicted molar refractivity (Wildman–Crippen MR) is 74.6 cm³/mol. The van der Waals surface area contributed by atoms with Gasteiger partial charge in [0.25, 0.3) is 0 Å². The van der Waals surface area contributed by atoms with Crippen molar-refractivity contribution in [3.63, 3.8) is 0 Å². The summed E-state index contributed by atoms with van der Waals surface area (Å²) in [6, 6.07) is 10.6. The van der Waals surface area contributed by atoms with E-state index in [0.717, 1.165) is 25.7 Å². The minimum Gasteiger partial charge on any atom is -0.466 e. The smallest absolute Gasteiger partial charge is 0.305 e. The van der Waals surface area contributed by atoms with E-state index in [2.05, 4.69) is 31.2 Å². The van der Waals surface area contributed by atoms with Gasteiger partial charge >= 0.3 is 5.97 Å². The molecule has 2 heteroatoms. The number of carbonyl (C=O) groups is 1. The number of carbonyl (C=O) groups excluding carboxylic acids is 1. The van der Waals surface area contributed by atoms with Gasteiger partial charge in [-0.15, -0.1) is 0 Å². The predicted octanol–water partition coefficient (Wildman–Crippen LogP) is 4.30. The van der Waals surface area contributed by atoms with E-state index < -0.39 is 0 Å². The lowest BCUT2D eigenvalue weighted by molar-refractivity contribution is -0.143. The van der Waals surface area contributed by atoms with Crippen molar-refractivity contribution in [3.8, 4) is 0 Å². The van der Waals surface area contributed by atoms with Crippen molar-refractivity contribution in [1.29, 1.82) is 0 Å². The molecule has 0 N–H and O–H groups in total. The molecule has 0 saturated carbocycles. The molecule has 0 radical (unpaired) electrons. The van der Waals surface area contributed by atoms with Crippen molar-refractivity contribution in [2.75, 3.05) is 6.61 Å². The van der Waals surface area contributed by atoms with Crippen LogP contribution in [-0.2, 0) is 9.53 Å². The molecule has 0 heterocycles. The molecular weight excluding hydrogens is 224 g/mol. The molecule has 100 valence electrons. The Bertz CT molecular complexity index is 332. The Morgan fingerprint density at radius 3 is 2.61 bits per heavy atom. The highest BCUT2D eigenvalue weighted by atomic mass is 16.5. The zero-order valence-corrected chi connectivity index (χ0v) is 11.5. The van der Waals surface area contributed by atoms with E-state index in [0.29, 0.717) is 18.9 Å². The van der Waals surface area contributed by atoms with Crippen LogP contribution in [0.15, 0.2) is 30.3 Å². The summed E-state index contributed by atoms with van der Waals surface area (Å²) < 4.78 is 5.13. The lowest BCUT2D eigenvalue weighted by Gasteiger charge is -2.11. The number of unbranched alkanes of at least 4 members (excludes halogenated alkanes) is 1. The molecule has 0 aliphatic carbocycles. The molecule has 1 aromatic rings. The Labute approximate surface area is 110 Å². The third-order valence-corrected chi connectivity index (χ3v) is 3.12. The zero-order valence-electron chi connectivity index (χ0n) is 11.5. The van der Waals surface area contributed by atoms with E-state index in [1.165, 1.54) is 5.56 Å². The number of hydrogen-bond acceptors (Lipinski definition) is 2. The second kappa shape index (κ2) is 8.73. The average Bonchev–Trinajstić information content (AvgIpc) is 2.39. The van der Waals surface area contributed by atoms with Crippen LogP contribution < -0.4 is 0 Å². The van der Waals surface area contributed by atoms with Crippen LogP contribution in [0.4, 0.5) is 0 Å². The summed E-state index contributed by atoms with van der Waals surface area (Å²) in [6.45, 7) is 4.81. The van der Waals surface area contributed by atoms with Gasteiger partial charge in [-0.05, 0) is 37.2 Å². The quantitative estimate of drug-likeness (QED) is 0.506. The van der Waals surface area contributed by atoms with Gasteiger partial charge < -0.3 is 4.74 Å². The van der Waals surface area contributed by atoms with Gasteiger partial charge in [0, 0.05) is 6.42 Å². The molecule has 1 aromatic carbocycles. The summed E-state index contributed by atoms with van der Waals surface area (Å²) in [5.74, 6) is 0.520. The standard InChI is InChI=1S/C16H24O2/c1-3-9-16(17)18-13-8-7-10-14(2)15-11-5-4-6-12-15/h4-6,11-12,14H,3,7-10,13H2,1-2H3. The molecule has 1 unspecified atom stereocenters. The monoisotopic (exact) mass is 248 g/mol. The molecule has 1 rings (SSSR count). The number of benzene rings is 1. The van der Waals surface area contributed by atoms with Gasteiger partial charge in [-0.3, -0.25) is 4.79 Å². The molecule has 0 aromatic heterocycles. The summed E-state index contributed by atoms with van der Waals surface area (Å²) in [6.07, 6.45) is 4.63. The fourth-order valence-corrected chi connectivity index (χ4v) is 1.96. The first-order valence-corrected chi connectivity index (χ1v) is 6.94. The number of hydrogen-bond donors (Lipinski definition) is 0. The molecule has 0 aliphatic rings. The minimum absolute atomic E-state index is 0.0615. The molecule has 18 heavy (non-hydrogen) atoms. The van der Waals surface area contributed by atoms with E-state index in [1.807, 2.05) is 13.0 Å². The molecule has 0 saturated heterocycles. The second-order valence-electron chi connectivity index (χ2n) is 4.78.